The zero-order valence-electron chi connectivity index (χ0n) is 4.21. The Morgan fingerprint density at radius 2 is 2.50 bits per heavy atom. The van der Waals surface area contributed by atoms with Crippen LogP contribution in [0.1, 0.15) is 6.92 Å². The van der Waals surface area contributed by atoms with E-state index in [0.29, 0.717) is 0 Å². The van der Waals surface area contributed by atoms with Gasteiger partial charge in [-0.1, -0.05) is 0 Å². The molecule has 46 valence electrons. The maximum Gasteiger partial charge on any atom is 0.338 e. The SMILES string of the molecule is CC1NS(=O)OC1=O. The topological polar surface area (TPSA) is 55.4 Å². The molecule has 0 aliphatic carbocycles. The molecule has 1 heterocycles. The van der Waals surface area contributed by atoms with Gasteiger partial charge in [0.25, 0.3) is 11.3 Å². The van der Waals surface area contributed by atoms with Crippen LogP contribution in [0.4, 0.5) is 0 Å². The largest absolute Gasteiger partial charge is 0.351 e. The first-order valence-corrected chi connectivity index (χ1v) is 3.18. The van der Waals surface area contributed by atoms with Gasteiger partial charge in [0.05, 0.1) is 0 Å². The smallest absolute Gasteiger partial charge is 0.338 e. The van der Waals surface area contributed by atoms with E-state index in [4.69, 9.17) is 0 Å². The molecule has 8 heavy (non-hydrogen) atoms. The predicted octanol–water partition coefficient (Wildman–Crippen LogP) is -0.900. The van der Waals surface area contributed by atoms with E-state index in [1.165, 1.54) is 0 Å². The van der Waals surface area contributed by atoms with Crippen molar-refractivity contribution in [3.63, 3.8) is 0 Å². The van der Waals surface area contributed by atoms with Gasteiger partial charge in [-0.15, -0.1) is 0 Å². The number of carbonyl (C=O) groups excluding carboxylic acids is 1. The lowest BCUT2D eigenvalue weighted by molar-refractivity contribution is -0.132. The first-order valence-electron chi connectivity index (χ1n) is 2.10. The van der Waals surface area contributed by atoms with Crippen molar-refractivity contribution in [3.8, 4) is 0 Å². The molecule has 1 fully saturated rings. The van der Waals surface area contributed by atoms with Crippen LogP contribution in [0.15, 0.2) is 0 Å². The lowest BCUT2D eigenvalue weighted by Gasteiger charge is -1.86. The van der Waals surface area contributed by atoms with E-state index >= 15 is 0 Å². The number of rotatable bonds is 0. The summed E-state index contributed by atoms with van der Waals surface area (Å²) in [5, 5.41) is 0. The van der Waals surface area contributed by atoms with Gasteiger partial charge < -0.3 is 4.18 Å². The van der Waals surface area contributed by atoms with Crippen LogP contribution in [0.3, 0.4) is 0 Å². The molecule has 0 saturated carbocycles. The molecule has 0 bridgehead atoms. The van der Waals surface area contributed by atoms with Gasteiger partial charge in [-0.3, -0.25) is 0 Å². The van der Waals surface area contributed by atoms with Crippen LogP contribution in [0.25, 0.3) is 0 Å². The summed E-state index contributed by atoms with van der Waals surface area (Å²) in [4.78, 5) is 10.3. The molecule has 1 aliphatic heterocycles. The van der Waals surface area contributed by atoms with E-state index in [1.807, 2.05) is 0 Å². The van der Waals surface area contributed by atoms with Crippen molar-refractivity contribution in [3.05, 3.63) is 0 Å². The van der Waals surface area contributed by atoms with Gasteiger partial charge in [-0.2, -0.15) is 8.93 Å². The second-order valence-corrected chi connectivity index (χ2v) is 2.35. The molecule has 2 unspecified atom stereocenters. The summed E-state index contributed by atoms with van der Waals surface area (Å²) in [5.41, 5.74) is 0. The summed E-state index contributed by atoms with van der Waals surface area (Å²) < 4.78 is 16.8. The minimum Gasteiger partial charge on any atom is -0.351 e. The zero-order chi connectivity index (χ0) is 6.15. The maximum absolute atomic E-state index is 10.3. The standard InChI is InChI=1S/C3H5NO3S/c1-2-3(5)7-8(6)4-2/h2,4H,1H3. The Hall–Kier alpha value is -0.420. The number of carbonyl (C=O) groups is 1. The Labute approximate surface area is 49.0 Å². The molecule has 1 aliphatic rings. The van der Waals surface area contributed by atoms with Gasteiger partial charge in [-0.05, 0) is 6.92 Å². The third-order valence-corrected chi connectivity index (χ3v) is 1.65. The van der Waals surface area contributed by atoms with Crippen molar-refractivity contribution < 1.29 is 13.2 Å². The fourth-order valence-corrected chi connectivity index (χ4v) is 1.09. The van der Waals surface area contributed by atoms with Crippen LogP contribution in [-0.4, -0.2) is 16.2 Å². The van der Waals surface area contributed by atoms with Crippen molar-refractivity contribution in [2.24, 2.45) is 0 Å². The molecule has 0 aromatic rings. The first kappa shape index (κ1) is 5.71. The van der Waals surface area contributed by atoms with E-state index < -0.39 is 23.3 Å². The highest BCUT2D eigenvalue weighted by Gasteiger charge is 2.26. The normalized spacial score (nSPS) is 37.4. The Morgan fingerprint density at radius 3 is 2.62 bits per heavy atom. The molecule has 5 heteroatoms. The van der Waals surface area contributed by atoms with Crippen LogP contribution < -0.4 is 4.72 Å². The Morgan fingerprint density at radius 1 is 1.88 bits per heavy atom. The summed E-state index contributed by atoms with van der Waals surface area (Å²) in [5.74, 6) is -0.455. The number of hydrogen-bond acceptors (Lipinski definition) is 3. The maximum atomic E-state index is 10.3. The summed E-state index contributed by atoms with van der Waals surface area (Å²) in [7, 11) is 0. The molecule has 1 N–H and O–H groups in total. The van der Waals surface area contributed by atoms with Crippen molar-refractivity contribution >= 4 is 17.2 Å². The van der Waals surface area contributed by atoms with Crippen molar-refractivity contribution in [1.82, 2.24) is 4.72 Å². The van der Waals surface area contributed by atoms with Crippen LogP contribution >= 0.6 is 0 Å². The Balaban J connectivity index is 2.64. The highest BCUT2D eigenvalue weighted by atomic mass is 32.2. The Bertz CT molecular complexity index is 145. The van der Waals surface area contributed by atoms with E-state index in [9.17, 15) is 9.00 Å². The van der Waals surface area contributed by atoms with E-state index in [-0.39, 0.29) is 0 Å². The van der Waals surface area contributed by atoms with Crippen molar-refractivity contribution in [2.45, 2.75) is 13.0 Å². The molecule has 1 rings (SSSR count). The fraction of sp³-hybridized carbons (Fsp3) is 0.667. The minimum absolute atomic E-state index is 0.421. The molecule has 0 aromatic heterocycles. The van der Waals surface area contributed by atoms with Gasteiger partial charge in [0.2, 0.25) is 0 Å². The highest BCUT2D eigenvalue weighted by Crippen LogP contribution is 1.99. The number of nitrogens with one attached hydrogen (secondary N) is 1. The molecular weight excluding hydrogens is 130 g/mol. The van der Waals surface area contributed by atoms with E-state index in [1.54, 1.807) is 6.92 Å². The van der Waals surface area contributed by atoms with Crippen molar-refractivity contribution in [2.75, 3.05) is 0 Å². The van der Waals surface area contributed by atoms with Gasteiger partial charge in [0, 0.05) is 0 Å². The first-order chi connectivity index (χ1) is 3.70. The quantitative estimate of drug-likeness (QED) is 0.468. The van der Waals surface area contributed by atoms with Crippen LogP contribution in [0, 0.1) is 0 Å². The average molecular weight is 135 g/mol. The zero-order valence-corrected chi connectivity index (χ0v) is 5.03. The average Bonchev–Trinajstić information content (AvgIpc) is 1.85. The molecule has 2 atom stereocenters. The highest BCUT2D eigenvalue weighted by molar-refractivity contribution is 7.79. The van der Waals surface area contributed by atoms with Crippen molar-refractivity contribution in [1.29, 1.82) is 0 Å². The van der Waals surface area contributed by atoms with Gasteiger partial charge in [0.1, 0.15) is 6.04 Å². The van der Waals surface area contributed by atoms with Gasteiger partial charge in [-0.25, -0.2) is 4.79 Å². The summed E-state index contributed by atoms with van der Waals surface area (Å²) in [6.07, 6.45) is 0. The monoisotopic (exact) mass is 135 g/mol. The predicted molar refractivity (Wildman–Crippen MR) is 26.8 cm³/mol. The second kappa shape index (κ2) is 1.83. The lowest BCUT2D eigenvalue weighted by atomic mass is 10.4. The number of hydrogen-bond donors (Lipinski definition) is 1. The fourth-order valence-electron chi connectivity index (χ4n) is 0.363. The molecule has 1 saturated heterocycles. The second-order valence-electron chi connectivity index (χ2n) is 1.48. The molecule has 0 amide bonds. The van der Waals surface area contributed by atoms with Crippen LogP contribution in [-0.2, 0) is 20.2 Å². The summed E-state index contributed by atoms with van der Waals surface area (Å²) >= 11 is -1.58. The molecule has 0 aromatic carbocycles. The third-order valence-electron chi connectivity index (χ3n) is 0.784. The van der Waals surface area contributed by atoms with Gasteiger partial charge >= 0.3 is 5.97 Å². The Kier molecular flexibility index (Phi) is 1.31. The van der Waals surface area contributed by atoms with Gasteiger partial charge in [0.15, 0.2) is 0 Å². The third kappa shape index (κ3) is 0.873. The summed E-state index contributed by atoms with van der Waals surface area (Å²) in [6, 6.07) is -0.421. The minimum atomic E-state index is -1.58. The van der Waals surface area contributed by atoms with Crippen LogP contribution in [0.5, 0.6) is 0 Å². The molecule has 4 nitrogen and oxygen atoms in total. The molecular formula is C3H5NO3S. The van der Waals surface area contributed by atoms with E-state index in [0.717, 1.165) is 0 Å². The lowest BCUT2D eigenvalue weighted by Crippen LogP contribution is -2.22. The molecule has 0 spiro atoms. The molecule has 0 radical (unpaired) electrons. The summed E-state index contributed by atoms with van der Waals surface area (Å²) in [6.45, 7) is 1.59. The van der Waals surface area contributed by atoms with E-state index in [2.05, 4.69) is 8.91 Å². The van der Waals surface area contributed by atoms with Crippen LogP contribution in [0.2, 0.25) is 0 Å².